The predicted octanol–water partition coefficient (Wildman–Crippen LogP) is 2.25. The molecule has 0 saturated carbocycles. The number of hydrogen-bond donors (Lipinski definition) is 2. The van der Waals surface area contributed by atoms with Gasteiger partial charge in [0.2, 0.25) is 0 Å². The second kappa shape index (κ2) is 17.0. The van der Waals surface area contributed by atoms with E-state index in [1.54, 1.807) is 0 Å². The molecule has 1 heterocycles. The van der Waals surface area contributed by atoms with Gasteiger partial charge >= 0.3 is 0 Å². The first kappa shape index (κ1) is 25.9. The van der Waals surface area contributed by atoms with Crippen molar-refractivity contribution in [2.24, 2.45) is 10.9 Å². The molecule has 0 radical (unpaired) electrons. The molecule has 0 spiro atoms. The number of hydrogen-bond acceptors (Lipinski definition) is 4. The molecule has 0 amide bonds. The van der Waals surface area contributed by atoms with Crippen LogP contribution in [0.4, 0.5) is 0 Å². The largest absolute Gasteiger partial charge is 0.380 e. The van der Waals surface area contributed by atoms with E-state index in [1.165, 1.54) is 32.6 Å². The molecule has 0 bridgehead atoms. The number of nitrogens with one attached hydrogen (secondary N) is 2. The molecule has 0 aromatic carbocycles. The predicted molar refractivity (Wildman–Crippen MR) is 123 cm³/mol. The van der Waals surface area contributed by atoms with Gasteiger partial charge in [0.05, 0.1) is 6.61 Å². The molecule has 1 aliphatic heterocycles. The molecule has 1 fully saturated rings. The van der Waals surface area contributed by atoms with Crippen LogP contribution in [0.15, 0.2) is 4.99 Å². The highest BCUT2D eigenvalue weighted by Crippen LogP contribution is 2.02. The second-order valence-electron chi connectivity index (χ2n) is 7.33. The van der Waals surface area contributed by atoms with Crippen molar-refractivity contribution in [2.75, 3.05) is 72.6 Å². The van der Waals surface area contributed by atoms with Crippen LogP contribution in [-0.4, -0.2) is 88.4 Å². The summed E-state index contributed by atoms with van der Waals surface area (Å²) in [5.74, 6) is 1.61. The van der Waals surface area contributed by atoms with Crippen molar-refractivity contribution in [1.82, 2.24) is 20.4 Å². The average Bonchev–Trinajstić information content (AvgIpc) is 2.78. The number of nitrogens with zero attached hydrogens (tertiary/aromatic N) is 3. The molecular formula is C19H42IN5O. The molecule has 6 nitrogen and oxygen atoms in total. The van der Waals surface area contributed by atoms with Gasteiger partial charge in [0.1, 0.15) is 0 Å². The first-order valence-corrected chi connectivity index (χ1v) is 10.1. The lowest BCUT2D eigenvalue weighted by molar-refractivity contribution is 0.128. The van der Waals surface area contributed by atoms with Gasteiger partial charge in [-0.2, -0.15) is 0 Å². The lowest BCUT2D eigenvalue weighted by Crippen LogP contribution is -2.39. The summed E-state index contributed by atoms with van der Waals surface area (Å²) >= 11 is 0. The van der Waals surface area contributed by atoms with Gasteiger partial charge < -0.3 is 25.2 Å². The molecule has 2 N–H and O–H groups in total. The summed E-state index contributed by atoms with van der Waals surface area (Å²) in [6, 6.07) is 0. The Labute approximate surface area is 178 Å². The van der Waals surface area contributed by atoms with Crippen LogP contribution in [0.5, 0.6) is 0 Å². The van der Waals surface area contributed by atoms with E-state index in [0.29, 0.717) is 5.92 Å². The highest BCUT2D eigenvalue weighted by molar-refractivity contribution is 14.0. The minimum Gasteiger partial charge on any atom is -0.380 e. The number of likely N-dealkylation sites (N-methyl/N-ethyl adjacent to an activating group) is 1. The Morgan fingerprint density at radius 3 is 2.65 bits per heavy atom. The molecule has 0 aromatic rings. The lowest BCUT2D eigenvalue weighted by atomic mass is 10.1. The molecule has 26 heavy (non-hydrogen) atoms. The van der Waals surface area contributed by atoms with Crippen LogP contribution < -0.4 is 10.6 Å². The highest BCUT2D eigenvalue weighted by Gasteiger charge is 2.11. The molecule has 0 atom stereocenters. The summed E-state index contributed by atoms with van der Waals surface area (Å²) in [6.45, 7) is 16.7. The smallest absolute Gasteiger partial charge is 0.191 e. The normalized spacial score (nSPS) is 17.0. The van der Waals surface area contributed by atoms with Crippen LogP contribution in [0.2, 0.25) is 0 Å². The Morgan fingerprint density at radius 2 is 1.92 bits per heavy atom. The van der Waals surface area contributed by atoms with E-state index >= 15 is 0 Å². The summed E-state index contributed by atoms with van der Waals surface area (Å²) in [5, 5.41) is 6.67. The van der Waals surface area contributed by atoms with E-state index < -0.39 is 0 Å². The van der Waals surface area contributed by atoms with E-state index in [1.807, 2.05) is 0 Å². The number of rotatable bonds is 11. The number of halogens is 1. The van der Waals surface area contributed by atoms with Crippen LogP contribution in [0.1, 0.15) is 40.0 Å². The second-order valence-corrected chi connectivity index (χ2v) is 7.33. The Hall–Kier alpha value is -0.120. The maximum Gasteiger partial charge on any atom is 0.191 e. The number of aliphatic imine (C=N–C) groups is 1. The van der Waals surface area contributed by atoms with E-state index in [4.69, 9.17) is 4.74 Å². The van der Waals surface area contributed by atoms with Crippen molar-refractivity contribution in [2.45, 2.75) is 40.0 Å². The quantitative estimate of drug-likeness (QED) is 0.204. The molecule has 0 aliphatic carbocycles. The zero-order valence-electron chi connectivity index (χ0n) is 17.4. The van der Waals surface area contributed by atoms with Crippen LogP contribution in [-0.2, 0) is 4.74 Å². The molecule has 156 valence electrons. The topological polar surface area (TPSA) is 52.1 Å². The first-order chi connectivity index (χ1) is 12.1. The summed E-state index contributed by atoms with van der Waals surface area (Å²) in [5.41, 5.74) is 0. The standard InChI is InChI=1S/C19H41N5O.HI/c1-5-20-19(22-10-17-25-16-8-18(2)3)21-9-6-12-24-13-7-11-23(4)14-15-24;/h18H,5-17H2,1-4H3,(H2,20,21,22);1H. The fraction of sp³-hybridized carbons (Fsp3) is 0.947. The lowest BCUT2D eigenvalue weighted by Gasteiger charge is -2.19. The summed E-state index contributed by atoms with van der Waals surface area (Å²) < 4.78 is 5.64. The van der Waals surface area contributed by atoms with Crippen molar-refractivity contribution in [3.05, 3.63) is 0 Å². The van der Waals surface area contributed by atoms with Crippen molar-refractivity contribution >= 4 is 29.9 Å². The van der Waals surface area contributed by atoms with Gasteiger partial charge in [-0.1, -0.05) is 13.8 Å². The van der Waals surface area contributed by atoms with E-state index in [2.05, 4.69) is 53.2 Å². The van der Waals surface area contributed by atoms with Gasteiger partial charge in [0.25, 0.3) is 0 Å². The maximum absolute atomic E-state index is 5.64. The third kappa shape index (κ3) is 14.0. The number of guanidine groups is 1. The minimum absolute atomic E-state index is 0. The van der Waals surface area contributed by atoms with Crippen molar-refractivity contribution in [1.29, 1.82) is 0 Å². The Bertz CT molecular complexity index is 355. The van der Waals surface area contributed by atoms with Crippen LogP contribution in [0.3, 0.4) is 0 Å². The zero-order valence-corrected chi connectivity index (χ0v) is 19.8. The van der Waals surface area contributed by atoms with Gasteiger partial charge in [-0.25, -0.2) is 0 Å². The fourth-order valence-electron chi connectivity index (χ4n) is 2.81. The fourth-order valence-corrected chi connectivity index (χ4v) is 2.81. The molecule has 0 unspecified atom stereocenters. The van der Waals surface area contributed by atoms with E-state index in [9.17, 15) is 0 Å². The van der Waals surface area contributed by atoms with Gasteiger partial charge in [-0.3, -0.25) is 4.99 Å². The Kier molecular flexibility index (Phi) is 16.9. The highest BCUT2D eigenvalue weighted by atomic mass is 127. The average molecular weight is 483 g/mol. The molecular weight excluding hydrogens is 441 g/mol. The van der Waals surface area contributed by atoms with Crippen molar-refractivity contribution in [3.8, 4) is 0 Å². The SMILES string of the molecule is CCNC(=NCCCN1CCCN(C)CC1)NCCOCCC(C)C.I. The first-order valence-electron chi connectivity index (χ1n) is 10.1. The molecule has 1 saturated heterocycles. The third-order valence-corrected chi connectivity index (χ3v) is 4.44. The third-order valence-electron chi connectivity index (χ3n) is 4.44. The number of ether oxygens (including phenoxy) is 1. The van der Waals surface area contributed by atoms with Crippen molar-refractivity contribution < 1.29 is 4.74 Å². The van der Waals surface area contributed by atoms with Gasteiger partial charge in [-0.05, 0) is 58.8 Å². The van der Waals surface area contributed by atoms with Gasteiger partial charge in [0.15, 0.2) is 5.96 Å². The zero-order chi connectivity index (χ0) is 18.3. The summed E-state index contributed by atoms with van der Waals surface area (Å²) in [4.78, 5) is 9.68. The van der Waals surface area contributed by atoms with Crippen LogP contribution in [0.25, 0.3) is 0 Å². The van der Waals surface area contributed by atoms with E-state index in [0.717, 1.165) is 58.2 Å². The van der Waals surface area contributed by atoms with Crippen LogP contribution >= 0.6 is 24.0 Å². The molecule has 7 heteroatoms. The Balaban J connectivity index is 0.00000625. The maximum atomic E-state index is 5.64. The monoisotopic (exact) mass is 483 g/mol. The van der Waals surface area contributed by atoms with Gasteiger partial charge in [-0.15, -0.1) is 24.0 Å². The van der Waals surface area contributed by atoms with Gasteiger partial charge in [0, 0.05) is 39.3 Å². The molecule has 1 rings (SSSR count). The Morgan fingerprint density at radius 1 is 1.12 bits per heavy atom. The minimum atomic E-state index is 0. The van der Waals surface area contributed by atoms with E-state index in [-0.39, 0.29) is 24.0 Å². The molecule has 0 aromatic heterocycles. The molecule has 1 aliphatic rings. The van der Waals surface area contributed by atoms with Crippen molar-refractivity contribution in [3.63, 3.8) is 0 Å². The summed E-state index contributed by atoms with van der Waals surface area (Å²) in [7, 11) is 2.22. The summed E-state index contributed by atoms with van der Waals surface area (Å²) in [6.07, 6.45) is 3.52. The van der Waals surface area contributed by atoms with Crippen LogP contribution in [0, 0.1) is 5.92 Å².